The summed E-state index contributed by atoms with van der Waals surface area (Å²) in [5.41, 5.74) is 2.15. The van der Waals surface area contributed by atoms with E-state index in [1.165, 1.54) is 25.5 Å². The van der Waals surface area contributed by atoms with Crippen LogP contribution in [0.1, 0.15) is 34.8 Å². The van der Waals surface area contributed by atoms with Gasteiger partial charge in [-0.15, -0.1) is 0 Å². The van der Waals surface area contributed by atoms with Crippen LogP contribution in [0.3, 0.4) is 0 Å². The lowest BCUT2D eigenvalue weighted by Crippen LogP contribution is -2.12. The third-order valence-electron chi connectivity index (χ3n) is 4.09. The maximum Gasteiger partial charge on any atom is 0.359 e. The summed E-state index contributed by atoms with van der Waals surface area (Å²) >= 11 is 0. The number of hydrogen-bond acceptors (Lipinski definition) is 5. The highest BCUT2D eigenvalue weighted by atomic mass is 32.3. The zero-order valence-corrected chi connectivity index (χ0v) is 15.6. The van der Waals surface area contributed by atoms with Gasteiger partial charge in [0.15, 0.2) is 11.3 Å². The number of carbonyl (C=O) groups is 1. The molecule has 2 heterocycles. The summed E-state index contributed by atoms with van der Waals surface area (Å²) < 4.78 is 12.3. The molecule has 0 N–H and O–H groups in total. The number of methoxy groups -OCH3 is 1. The molecule has 1 aliphatic carbocycles. The smallest absolute Gasteiger partial charge is 0.359 e. The van der Waals surface area contributed by atoms with E-state index in [0.29, 0.717) is 30.6 Å². The van der Waals surface area contributed by atoms with Gasteiger partial charge in [0.1, 0.15) is 6.73 Å². The van der Waals surface area contributed by atoms with Gasteiger partial charge >= 0.3 is 5.97 Å². The van der Waals surface area contributed by atoms with E-state index in [-0.39, 0.29) is 0 Å². The summed E-state index contributed by atoms with van der Waals surface area (Å²) in [5.74, 6) is 1.17. The van der Waals surface area contributed by atoms with Crippen molar-refractivity contribution in [2.24, 2.45) is 0 Å². The predicted molar refractivity (Wildman–Crippen MR) is 97.0 cm³/mol. The van der Waals surface area contributed by atoms with Crippen LogP contribution in [0.5, 0.6) is 0 Å². The Hall–Kier alpha value is -1.60. The molecule has 2 aromatic heterocycles. The minimum absolute atomic E-state index is 0.290. The monoisotopic (exact) mass is 351 g/mol. The second-order valence-electron chi connectivity index (χ2n) is 7.09. The van der Waals surface area contributed by atoms with Crippen molar-refractivity contribution in [2.45, 2.75) is 25.5 Å². The van der Waals surface area contributed by atoms with Gasteiger partial charge in [0.2, 0.25) is 0 Å². The molecule has 0 spiro atoms. The summed E-state index contributed by atoms with van der Waals surface area (Å²) in [4.78, 5) is 16.6. The van der Waals surface area contributed by atoms with Gasteiger partial charge in [-0.05, 0) is 49.2 Å². The zero-order chi connectivity index (χ0) is 17.3. The third-order valence-corrected chi connectivity index (χ3v) is 5.48. The lowest BCUT2D eigenvalue weighted by atomic mass is 10.1. The van der Waals surface area contributed by atoms with Crippen LogP contribution >= 0.6 is 10.0 Å². The number of aromatic nitrogens is 3. The van der Waals surface area contributed by atoms with Gasteiger partial charge in [0.25, 0.3) is 0 Å². The average Bonchev–Trinajstić information content (AvgIpc) is 3.32. The van der Waals surface area contributed by atoms with E-state index in [4.69, 9.17) is 9.47 Å². The van der Waals surface area contributed by atoms with Gasteiger partial charge in [0, 0.05) is 11.9 Å². The third kappa shape index (κ3) is 3.89. The maximum absolute atomic E-state index is 12.0. The second-order valence-corrected chi connectivity index (χ2v) is 11.7. The first-order valence-corrected chi connectivity index (χ1v) is 11.1. The quantitative estimate of drug-likeness (QED) is 0.567. The molecular weight excluding hydrogens is 326 g/mol. The van der Waals surface area contributed by atoms with E-state index in [1.807, 2.05) is 12.3 Å². The Bertz CT molecular complexity index is 747. The highest BCUT2D eigenvalue weighted by molar-refractivity contribution is 8.32. The van der Waals surface area contributed by atoms with Crippen LogP contribution in [-0.2, 0) is 16.2 Å². The Morgan fingerprint density at radius 3 is 2.75 bits per heavy atom. The van der Waals surface area contributed by atoms with E-state index in [1.54, 1.807) is 4.68 Å². The SMILES string of the molecule is COC(=O)c1nn(COCCS(C)(C)C)c2ncc(C3CC3)cc12. The fraction of sp³-hybridized carbons (Fsp3) is 0.588. The molecule has 24 heavy (non-hydrogen) atoms. The molecule has 0 amide bonds. The number of pyridine rings is 1. The minimum Gasteiger partial charge on any atom is -0.464 e. The largest absolute Gasteiger partial charge is 0.464 e. The molecule has 0 bridgehead atoms. The van der Waals surface area contributed by atoms with E-state index in [0.717, 1.165) is 11.1 Å². The Morgan fingerprint density at radius 2 is 2.12 bits per heavy atom. The molecule has 1 aliphatic rings. The van der Waals surface area contributed by atoms with Crippen LogP contribution in [0.25, 0.3) is 11.0 Å². The van der Waals surface area contributed by atoms with Crippen molar-refractivity contribution in [3.8, 4) is 0 Å². The molecule has 2 aromatic rings. The first-order chi connectivity index (χ1) is 11.4. The van der Waals surface area contributed by atoms with Crippen molar-refractivity contribution < 1.29 is 14.3 Å². The fourth-order valence-electron chi connectivity index (χ4n) is 2.51. The van der Waals surface area contributed by atoms with E-state index < -0.39 is 16.0 Å². The molecule has 1 saturated carbocycles. The van der Waals surface area contributed by atoms with Gasteiger partial charge in [-0.3, -0.25) is 0 Å². The van der Waals surface area contributed by atoms with Crippen LogP contribution in [0.2, 0.25) is 0 Å². The van der Waals surface area contributed by atoms with Gasteiger partial charge in [-0.25, -0.2) is 24.5 Å². The molecule has 0 atom stereocenters. The number of carbonyl (C=O) groups excluding carboxylic acids is 1. The molecule has 0 aromatic carbocycles. The normalized spacial score (nSPS) is 15.7. The number of esters is 1. The molecular formula is C17H25N3O3S. The van der Waals surface area contributed by atoms with Crippen molar-refractivity contribution in [1.82, 2.24) is 14.8 Å². The Labute approximate surface area is 143 Å². The van der Waals surface area contributed by atoms with Crippen LogP contribution in [-0.4, -0.2) is 59.0 Å². The van der Waals surface area contributed by atoms with Gasteiger partial charge in [-0.1, -0.05) is 0 Å². The Kier molecular flexibility index (Phi) is 4.83. The van der Waals surface area contributed by atoms with E-state index in [9.17, 15) is 4.79 Å². The number of rotatable bonds is 7. The molecule has 0 saturated heterocycles. The molecule has 0 aliphatic heterocycles. The zero-order valence-electron chi connectivity index (χ0n) is 14.7. The molecule has 1 fully saturated rings. The highest BCUT2D eigenvalue weighted by Gasteiger charge is 2.26. The summed E-state index contributed by atoms with van der Waals surface area (Å²) in [5, 5.41) is 5.12. The van der Waals surface area contributed by atoms with Gasteiger partial charge in [-0.2, -0.15) is 5.10 Å². The maximum atomic E-state index is 12.0. The van der Waals surface area contributed by atoms with Crippen molar-refractivity contribution in [2.75, 3.05) is 38.2 Å². The summed E-state index contributed by atoms with van der Waals surface area (Å²) in [6.07, 6.45) is 11.0. The van der Waals surface area contributed by atoms with Crippen molar-refractivity contribution in [3.63, 3.8) is 0 Å². The summed E-state index contributed by atoms with van der Waals surface area (Å²) in [7, 11) is 0.783. The fourth-order valence-corrected chi connectivity index (χ4v) is 3.13. The molecule has 6 nitrogen and oxygen atoms in total. The Balaban J connectivity index is 1.83. The Morgan fingerprint density at radius 1 is 1.38 bits per heavy atom. The molecule has 3 rings (SSSR count). The standard InChI is InChI=1S/C17H25N3O3S/c1-22-17(21)15-14-9-13(12-5-6-12)10-18-16(14)20(19-15)11-23-7-8-24(2,3)4/h9-10,12H,5-8,11H2,1-4H3. The van der Waals surface area contributed by atoms with Crippen LogP contribution in [0, 0.1) is 0 Å². The molecule has 7 heteroatoms. The van der Waals surface area contributed by atoms with Gasteiger partial charge in [0.05, 0.1) is 19.1 Å². The van der Waals surface area contributed by atoms with E-state index in [2.05, 4.69) is 28.8 Å². The van der Waals surface area contributed by atoms with Crippen molar-refractivity contribution >= 4 is 27.0 Å². The number of hydrogen-bond donors (Lipinski definition) is 0. The first kappa shape index (κ1) is 17.2. The minimum atomic E-state index is -0.586. The number of fused-ring (bicyclic) bond motifs is 1. The van der Waals surface area contributed by atoms with Crippen molar-refractivity contribution in [1.29, 1.82) is 0 Å². The summed E-state index contributed by atoms with van der Waals surface area (Å²) in [6, 6.07) is 2.02. The number of nitrogens with zero attached hydrogens (tertiary/aromatic N) is 3. The highest BCUT2D eigenvalue weighted by Crippen LogP contribution is 2.40. The topological polar surface area (TPSA) is 66.2 Å². The predicted octanol–water partition coefficient (Wildman–Crippen LogP) is 2.76. The van der Waals surface area contributed by atoms with Crippen molar-refractivity contribution in [3.05, 3.63) is 23.5 Å². The lowest BCUT2D eigenvalue weighted by Gasteiger charge is -2.24. The number of ether oxygens (including phenoxy) is 2. The molecule has 0 unspecified atom stereocenters. The first-order valence-electron chi connectivity index (χ1n) is 8.07. The van der Waals surface area contributed by atoms with E-state index >= 15 is 0 Å². The van der Waals surface area contributed by atoms with Crippen LogP contribution < -0.4 is 0 Å². The average molecular weight is 351 g/mol. The lowest BCUT2D eigenvalue weighted by molar-refractivity contribution is 0.0586. The summed E-state index contributed by atoms with van der Waals surface area (Å²) in [6.45, 7) is 0.965. The van der Waals surface area contributed by atoms with Crippen LogP contribution in [0.4, 0.5) is 0 Å². The van der Waals surface area contributed by atoms with Gasteiger partial charge < -0.3 is 9.47 Å². The second kappa shape index (κ2) is 6.72. The molecule has 132 valence electrons. The van der Waals surface area contributed by atoms with Crippen LogP contribution in [0.15, 0.2) is 12.3 Å². The molecule has 0 radical (unpaired) electrons.